The molecule has 1 aliphatic rings. The van der Waals surface area contributed by atoms with E-state index >= 15 is 0 Å². The zero-order chi connectivity index (χ0) is 22.8. The number of benzene rings is 1. The second kappa shape index (κ2) is 9.13. The molecule has 168 valence electrons. The number of fused-ring (bicyclic) bond motifs is 1. The van der Waals surface area contributed by atoms with E-state index in [4.69, 9.17) is 4.74 Å². The van der Waals surface area contributed by atoms with Gasteiger partial charge in [0.25, 0.3) is 0 Å². The standard InChI is InChI=1S/C24H24N6O2S/c1-16-14-33-15-19(16)18-4-5-20(23-22(18)25-7-8-26-23)32-24(31)28-17-3-6-21(27-13-17)30-11-9-29(2)10-12-30/h3-8,13-15H,9-12H2,1-2H3,(H,28,31). The van der Waals surface area contributed by atoms with Crippen LogP contribution in [0.3, 0.4) is 0 Å². The summed E-state index contributed by atoms with van der Waals surface area (Å²) in [6.07, 6.45) is 4.29. The van der Waals surface area contributed by atoms with Gasteiger partial charge in [-0.2, -0.15) is 11.3 Å². The number of nitrogens with one attached hydrogen (secondary N) is 1. The topological polar surface area (TPSA) is 83.5 Å². The minimum Gasteiger partial charge on any atom is -0.408 e. The van der Waals surface area contributed by atoms with E-state index in [-0.39, 0.29) is 0 Å². The van der Waals surface area contributed by atoms with Crippen LogP contribution >= 0.6 is 11.3 Å². The Morgan fingerprint density at radius 2 is 1.76 bits per heavy atom. The van der Waals surface area contributed by atoms with Crippen LogP contribution in [0.15, 0.2) is 53.6 Å². The molecular formula is C24H24N6O2S. The maximum atomic E-state index is 12.6. The highest BCUT2D eigenvalue weighted by molar-refractivity contribution is 7.08. The monoisotopic (exact) mass is 460 g/mol. The van der Waals surface area contributed by atoms with Crippen LogP contribution in [-0.2, 0) is 0 Å². The quantitative estimate of drug-likeness (QED) is 0.482. The SMILES string of the molecule is Cc1cscc1-c1ccc(OC(=O)Nc2ccc(N3CCN(C)CC3)nc2)c2nccnc12. The third kappa shape index (κ3) is 4.50. The van der Waals surface area contributed by atoms with Gasteiger partial charge in [0.2, 0.25) is 0 Å². The lowest BCUT2D eigenvalue weighted by molar-refractivity contribution is 0.215. The second-order valence-electron chi connectivity index (χ2n) is 8.04. The number of likely N-dealkylation sites (N-methyl/N-ethyl adjacent to an activating group) is 1. The number of hydrogen-bond acceptors (Lipinski definition) is 8. The molecule has 0 radical (unpaired) electrons. The van der Waals surface area contributed by atoms with E-state index in [1.54, 1.807) is 36.0 Å². The highest BCUT2D eigenvalue weighted by Gasteiger charge is 2.17. The summed E-state index contributed by atoms with van der Waals surface area (Å²) in [6.45, 7) is 5.96. The summed E-state index contributed by atoms with van der Waals surface area (Å²) in [6, 6.07) is 7.43. The van der Waals surface area contributed by atoms with Crippen molar-refractivity contribution in [1.82, 2.24) is 19.9 Å². The molecule has 33 heavy (non-hydrogen) atoms. The van der Waals surface area contributed by atoms with Crippen molar-refractivity contribution in [3.05, 3.63) is 59.2 Å². The summed E-state index contributed by atoms with van der Waals surface area (Å²) in [4.78, 5) is 30.6. The first-order valence-corrected chi connectivity index (χ1v) is 11.7. The number of aromatic nitrogens is 3. The number of hydrogen-bond donors (Lipinski definition) is 1. The Labute approximate surface area is 195 Å². The Bertz CT molecular complexity index is 1280. The number of ether oxygens (including phenoxy) is 1. The number of nitrogens with zero attached hydrogens (tertiary/aromatic N) is 5. The van der Waals surface area contributed by atoms with Crippen LogP contribution in [0.5, 0.6) is 5.75 Å². The summed E-state index contributed by atoms with van der Waals surface area (Å²) < 4.78 is 5.60. The number of rotatable bonds is 4. The first-order valence-electron chi connectivity index (χ1n) is 10.7. The van der Waals surface area contributed by atoms with Crippen molar-refractivity contribution >= 4 is 40.0 Å². The lowest BCUT2D eigenvalue weighted by atomic mass is 10.0. The predicted molar refractivity (Wildman–Crippen MR) is 131 cm³/mol. The van der Waals surface area contributed by atoms with E-state index in [1.807, 2.05) is 18.2 Å². The molecule has 1 N–H and O–H groups in total. The third-order valence-corrected chi connectivity index (χ3v) is 6.62. The number of thiophene rings is 1. The van der Waals surface area contributed by atoms with Gasteiger partial charge in [-0.3, -0.25) is 10.3 Å². The molecule has 1 aliphatic heterocycles. The molecule has 0 atom stereocenters. The summed E-state index contributed by atoms with van der Waals surface area (Å²) in [5.74, 6) is 1.26. The molecule has 8 nitrogen and oxygen atoms in total. The van der Waals surface area contributed by atoms with E-state index in [2.05, 4.69) is 54.8 Å². The Hall–Kier alpha value is -3.56. The van der Waals surface area contributed by atoms with Crippen molar-refractivity contribution in [2.75, 3.05) is 43.4 Å². The van der Waals surface area contributed by atoms with Crippen LogP contribution < -0.4 is 15.0 Å². The summed E-state index contributed by atoms with van der Waals surface area (Å²) in [5.41, 5.74) is 5.05. The summed E-state index contributed by atoms with van der Waals surface area (Å²) in [7, 11) is 2.12. The van der Waals surface area contributed by atoms with E-state index in [9.17, 15) is 4.79 Å². The number of piperazine rings is 1. The van der Waals surface area contributed by atoms with Crippen LogP contribution in [0, 0.1) is 6.92 Å². The maximum Gasteiger partial charge on any atom is 0.417 e. The van der Waals surface area contributed by atoms with Gasteiger partial charge in [0.15, 0.2) is 5.75 Å². The molecule has 0 saturated carbocycles. The molecule has 4 aromatic rings. The fraction of sp³-hybridized carbons (Fsp3) is 0.250. The average Bonchev–Trinajstić information content (AvgIpc) is 3.26. The Morgan fingerprint density at radius 1 is 0.970 bits per heavy atom. The maximum absolute atomic E-state index is 12.6. The summed E-state index contributed by atoms with van der Waals surface area (Å²) in [5, 5.41) is 6.93. The predicted octanol–water partition coefficient (Wildman–Crippen LogP) is 4.42. The highest BCUT2D eigenvalue weighted by atomic mass is 32.1. The minimum absolute atomic E-state index is 0.356. The molecule has 1 aromatic carbocycles. The zero-order valence-corrected chi connectivity index (χ0v) is 19.3. The number of aryl methyl sites for hydroxylation is 1. The molecule has 5 rings (SSSR count). The smallest absolute Gasteiger partial charge is 0.408 e. The lowest BCUT2D eigenvalue weighted by Crippen LogP contribution is -2.44. The van der Waals surface area contributed by atoms with Crippen molar-refractivity contribution in [2.24, 2.45) is 0 Å². The molecule has 0 unspecified atom stereocenters. The fourth-order valence-corrected chi connectivity index (χ4v) is 4.74. The van der Waals surface area contributed by atoms with Crippen molar-refractivity contribution < 1.29 is 9.53 Å². The van der Waals surface area contributed by atoms with Gasteiger partial charge >= 0.3 is 6.09 Å². The van der Waals surface area contributed by atoms with E-state index in [0.29, 0.717) is 22.5 Å². The molecule has 0 bridgehead atoms. The molecule has 1 amide bonds. The van der Waals surface area contributed by atoms with Crippen LogP contribution in [-0.4, -0.2) is 59.2 Å². The van der Waals surface area contributed by atoms with E-state index in [1.165, 1.54) is 5.56 Å². The molecule has 3 aromatic heterocycles. The highest BCUT2D eigenvalue weighted by Crippen LogP contribution is 2.35. The first kappa shape index (κ1) is 21.3. The van der Waals surface area contributed by atoms with Crippen LogP contribution in [0.4, 0.5) is 16.3 Å². The van der Waals surface area contributed by atoms with Crippen molar-refractivity contribution in [3.63, 3.8) is 0 Å². The van der Waals surface area contributed by atoms with E-state index < -0.39 is 6.09 Å². The van der Waals surface area contributed by atoms with Gasteiger partial charge < -0.3 is 14.5 Å². The number of pyridine rings is 1. The first-order chi connectivity index (χ1) is 16.1. The molecule has 4 heterocycles. The number of anilines is 2. The van der Waals surface area contributed by atoms with Crippen LogP contribution in [0.2, 0.25) is 0 Å². The van der Waals surface area contributed by atoms with Crippen molar-refractivity contribution in [3.8, 4) is 16.9 Å². The van der Waals surface area contributed by atoms with Crippen LogP contribution in [0.25, 0.3) is 22.2 Å². The number of amides is 1. The molecule has 1 saturated heterocycles. The van der Waals surface area contributed by atoms with Gasteiger partial charge in [-0.15, -0.1) is 0 Å². The zero-order valence-electron chi connectivity index (χ0n) is 18.5. The fourth-order valence-electron chi connectivity index (χ4n) is 3.89. The molecule has 1 fully saturated rings. The largest absolute Gasteiger partial charge is 0.417 e. The minimum atomic E-state index is -0.601. The normalized spacial score (nSPS) is 14.4. The summed E-state index contributed by atoms with van der Waals surface area (Å²) >= 11 is 1.64. The van der Waals surface area contributed by atoms with Gasteiger partial charge in [0.05, 0.1) is 11.9 Å². The Morgan fingerprint density at radius 3 is 2.45 bits per heavy atom. The molecule has 0 spiro atoms. The Kier molecular flexibility index (Phi) is 5.89. The molecule has 9 heteroatoms. The van der Waals surface area contributed by atoms with Gasteiger partial charge in [-0.1, -0.05) is 0 Å². The lowest BCUT2D eigenvalue weighted by Gasteiger charge is -2.33. The molecular weight excluding hydrogens is 436 g/mol. The molecule has 0 aliphatic carbocycles. The van der Waals surface area contributed by atoms with Gasteiger partial charge in [0.1, 0.15) is 16.9 Å². The number of carbonyl (C=O) groups is 1. The Balaban J connectivity index is 1.31. The number of carbonyl (C=O) groups excluding carboxylic acids is 1. The van der Waals surface area contributed by atoms with Crippen molar-refractivity contribution in [2.45, 2.75) is 6.92 Å². The third-order valence-electron chi connectivity index (χ3n) is 5.76. The average molecular weight is 461 g/mol. The van der Waals surface area contributed by atoms with Crippen LogP contribution in [0.1, 0.15) is 5.56 Å². The van der Waals surface area contributed by atoms with Gasteiger partial charge in [-0.05, 0) is 60.1 Å². The van der Waals surface area contributed by atoms with Gasteiger partial charge in [0, 0.05) is 44.1 Å². The van der Waals surface area contributed by atoms with E-state index in [0.717, 1.165) is 43.1 Å². The van der Waals surface area contributed by atoms with Crippen molar-refractivity contribution in [1.29, 1.82) is 0 Å². The van der Waals surface area contributed by atoms with Gasteiger partial charge in [-0.25, -0.2) is 14.8 Å². The second-order valence-corrected chi connectivity index (χ2v) is 8.79.